The van der Waals surface area contributed by atoms with E-state index in [0.717, 1.165) is 24.0 Å². The fourth-order valence-corrected chi connectivity index (χ4v) is 4.12. The molecule has 1 aromatic heterocycles. The maximum absolute atomic E-state index is 12.9. The number of hydrogen-bond donors (Lipinski definition) is 2. The van der Waals surface area contributed by atoms with Crippen LogP contribution in [0.2, 0.25) is 0 Å². The van der Waals surface area contributed by atoms with Crippen molar-refractivity contribution in [2.75, 3.05) is 13.1 Å². The van der Waals surface area contributed by atoms with Crippen molar-refractivity contribution in [1.29, 1.82) is 0 Å². The Morgan fingerprint density at radius 3 is 2.74 bits per heavy atom. The zero-order valence-corrected chi connectivity index (χ0v) is 20.2. The summed E-state index contributed by atoms with van der Waals surface area (Å²) in [5, 5.41) is 14.3. The maximum Gasteiger partial charge on any atom is 0.410 e. The fraction of sp³-hybridized carbons (Fsp3) is 0.500. The number of aliphatic imine (C=N–C) groups is 1. The molecule has 2 aliphatic rings. The van der Waals surface area contributed by atoms with Crippen molar-refractivity contribution in [3.05, 3.63) is 35.7 Å². The summed E-state index contributed by atoms with van der Waals surface area (Å²) in [4.78, 5) is 31.5. The quantitative estimate of drug-likeness (QED) is 0.351. The Bertz CT molecular complexity index is 1120. The number of carbonyl (C=O) groups excluding carboxylic acids is 2. The average Bonchev–Trinajstić information content (AvgIpc) is 3.39. The van der Waals surface area contributed by atoms with E-state index >= 15 is 0 Å². The second kappa shape index (κ2) is 10.2. The number of hydrazone groups is 1. The van der Waals surface area contributed by atoms with E-state index in [-0.39, 0.29) is 24.5 Å². The molecule has 2 heterocycles. The maximum atomic E-state index is 12.9. The summed E-state index contributed by atoms with van der Waals surface area (Å²) in [7, 11) is 0. The predicted octanol–water partition coefficient (Wildman–Crippen LogP) is 2.74. The molecule has 1 saturated carbocycles. The van der Waals surface area contributed by atoms with Crippen molar-refractivity contribution in [1.82, 2.24) is 20.4 Å². The Hall–Kier alpha value is -3.76. The third-order valence-electron chi connectivity index (χ3n) is 5.78. The van der Waals surface area contributed by atoms with Gasteiger partial charge in [0.15, 0.2) is 0 Å². The number of carbonyl (C=O) groups is 2. The molecule has 3 N–H and O–H groups in total. The van der Waals surface area contributed by atoms with Crippen LogP contribution in [0.15, 0.2) is 38.8 Å². The zero-order chi connectivity index (χ0) is 25.0. The minimum atomic E-state index is -0.643. The largest absolute Gasteiger partial charge is 0.444 e. The molecule has 186 valence electrons. The molecule has 0 spiro atoms. The van der Waals surface area contributed by atoms with Gasteiger partial charge in [-0.3, -0.25) is 9.79 Å². The molecule has 2 fully saturated rings. The number of aromatic nitrogens is 2. The Balaban J connectivity index is 1.43. The summed E-state index contributed by atoms with van der Waals surface area (Å²) in [6.45, 7) is 6.01. The smallest absolute Gasteiger partial charge is 0.410 e. The van der Waals surface area contributed by atoms with E-state index in [9.17, 15) is 9.59 Å². The zero-order valence-electron chi connectivity index (χ0n) is 20.2. The first-order valence-corrected chi connectivity index (χ1v) is 11.7. The lowest BCUT2D eigenvalue weighted by atomic mass is 10.0. The van der Waals surface area contributed by atoms with Gasteiger partial charge < -0.3 is 25.2 Å². The molecule has 0 bridgehead atoms. The van der Waals surface area contributed by atoms with E-state index < -0.39 is 17.6 Å². The molecule has 4 rings (SSSR count). The number of rotatable bonds is 7. The van der Waals surface area contributed by atoms with Crippen molar-refractivity contribution in [2.45, 2.75) is 63.6 Å². The standard InChI is InChI=1S/C24H31N7O4/c1-24(2,3)35-23(33)31-14-16(12-17(31)13-26-10-11-27-25)28-20(32)22-30-29-21(34-22)19-7-5-4-6-18(19)15-8-9-15/h4-7,10-11,15-17H,8-9,12-14,25H2,1-3H3,(H,28,32)/t16-,17+/m1/s1. The lowest BCUT2D eigenvalue weighted by Gasteiger charge is -2.27. The number of likely N-dealkylation sites (tertiary alicyclic amines) is 1. The van der Waals surface area contributed by atoms with Gasteiger partial charge in [-0.15, -0.1) is 10.2 Å². The van der Waals surface area contributed by atoms with E-state index in [1.807, 2.05) is 18.2 Å². The van der Waals surface area contributed by atoms with Gasteiger partial charge in [0.2, 0.25) is 5.89 Å². The minimum Gasteiger partial charge on any atom is -0.444 e. The van der Waals surface area contributed by atoms with Crippen LogP contribution < -0.4 is 11.2 Å². The molecule has 0 radical (unpaired) electrons. The summed E-state index contributed by atoms with van der Waals surface area (Å²) in [6.07, 6.45) is 5.14. The number of amides is 2. The third-order valence-corrected chi connectivity index (χ3v) is 5.78. The molecule has 0 unspecified atom stereocenters. The number of ether oxygens (including phenoxy) is 1. The van der Waals surface area contributed by atoms with E-state index in [2.05, 4.69) is 31.7 Å². The number of hydrogen-bond acceptors (Lipinski definition) is 9. The first kappa shape index (κ1) is 24.4. The monoisotopic (exact) mass is 481 g/mol. The van der Waals surface area contributed by atoms with E-state index in [1.54, 1.807) is 25.7 Å². The number of benzene rings is 1. The van der Waals surface area contributed by atoms with Gasteiger partial charge in [-0.2, -0.15) is 5.10 Å². The SMILES string of the molecule is CC(C)(C)OC(=O)N1C[C@H](NC(=O)c2nnc(-c3ccccc3C3CC3)o2)C[C@H]1CN=CC=NN. The van der Waals surface area contributed by atoms with Crippen LogP contribution in [0.3, 0.4) is 0 Å². The lowest BCUT2D eigenvalue weighted by molar-refractivity contribution is 0.0229. The Kier molecular flexibility index (Phi) is 7.13. The second-order valence-corrected chi connectivity index (χ2v) is 9.78. The van der Waals surface area contributed by atoms with Crippen LogP contribution in [0.1, 0.15) is 62.2 Å². The molecular weight excluding hydrogens is 450 g/mol. The van der Waals surface area contributed by atoms with E-state index in [4.69, 9.17) is 15.0 Å². The molecule has 11 nitrogen and oxygen atoms in total. The van der Waals surface area contributed by atoms with Gasteiger partial charge in [-0.25, -0.2) is 4.79 Å². The molecule has 2 atom stereocenters. The Morgan fingerprint density at radius 2 is 2.03 bits per heavy atom. The van der Waals surface area contributed by atoms with Gasteiger partial charge in [-0.05, 0) is 57.6 Å². The number of nitrogens with one attached hydrogen (secondary N) is 1. The second-order valence-electron chi connectivity index (χ2n) is 9.78. The minimum absolute atomic E-state index is 0.116. The number of nitrogens with two attached hydrogens (primary N) is 1. The number of nitrogens with zero attached hydrogens (tertiary/aromatic N) is 5. The highest BCUT2D eigenvalue weighted by Gasteiger charge is 2.38. The molecule has 2 aromatic rings. The molecule has 1 aliphatic heterocycles. The van der Waals surface area contributed by atoms with Gasteiger partial charge in [0.05, 0.1) is 18.8 Å². The summed E-state index contributed by atoms with van der Waals surface area (Å²) < 4.78 is 11.3. The van der Waals surface area contributed by atoms with Crippen molar-refractivity contribution < 1.29 is 18.7 Å². The summed E-state index contributed by atoms with van der Waals surface area (Å²) in [5.41, 5.74) is 1.38. The summed E-state index contributed by atoms with van der Waals surface area (Å²) in [5.74, 6) is 5.32. The molecule has 35 heavy (non-hydrogen) atoms. The third kappa shape index (κ3) is 6.23. The topological polar surface area (TPSA) is 148 Å². The normalized spacial score (nSPS) is 20.6. The van der Waals surface area contributed by atoms with Gasteiger partial charge in [0.1, 0.15) is 5.60 Å². The van der Waals surface area contributed by atoms with Gasteiger partial charge in [0.25, 0.3) is 0 Å². The molecular formula is C24H31N7O4. The molecule has 11 heteroatoms. The van der Waals surface area contributed by atoms with Crippen LogP contribution >= 0.6 is 0 Å². The van der Waals surface area contributed by atoms with Crippen molar-refractivity contribution in [2.24, 2.45) is 15.9 Å². The highest BCUT2D eigenvalue weighted by atomic mass is 16.6. The predicted molar refractivity (Wildman–Crippen MR) is 130 cm³/mol. The van der Waals surface area contributed by atoms with Crippen molar-refractivity contribution >= 4 is 24.4 Å². The van der Waals surface area contributed by atoms with Crippen molar-refractivity contribution in [3.8, 4) is 11.5 Å². The molecule has 1 aliphatic carbocycles. The lowest BCUT2D eigenvalue weighted by Crippen LogP contribution is -2.42. The van der Waals surface area contributed by atoms with Gasteiger partial charge in [-0.1, -0.05) is 18.2 Å². The van der Waals surface area contributed by atoms with Crippen LogP contribution in [-0.4, -0.2) is 70.3 Å². The average molecular weight is 482 g/mol. The van der Waals surface area contributed by atoms with Crippen LogP contribution in [0.4, 0.5) is 4.79 Å². The Labute approximate surface area is 203 Å². The Morgan fingerprint density at radius 1 is 1.26 bits per heavy atom. The molecule has 2 amide bonds. The van der Waals surface area contributed by atoms with Crippen molar-refractivity contribution in [3.63, 3.8) is 0 Å². The van der Waals surface area contributed by atoms with Crippen LogP contribution in [0, 0.1) is 0 Å². The summed E-state index contributed by atoms with van der Waals surface area (Å²) in [6, 6.07) is 7.30. The first-order valence-electron chi connectivity index (χ1n) is 11.7. The molecule has 1 saturated heterocycles. The highest BCUT2D eigenvalue weighted by molar-refractivity contribution is 6.15. The van der Waals surface area contributed by atoms with E-state index in [0.29, 0.717) is 24.8 Å². The van der Waals surface area contributed by atoms with Gasteiger partial charge >= 0.3 is 17.9 Å². The van der Waals surface area contributed by atoms with E-state index in [1.165, 1.54) is 12.4 Å². The van der Waals surface area contributed by atoms with Crippen LogP contribution in [0.25, 0.3) is 11.5 Å². The fourth-order valence-electron chi connectivity index (χ4n) is 4.12. The van der Waals surface area contributed by atoms with Crippen LogP contribution in [-0.2, 0) is 4.74 Å². The summed E-state index contributed by atoms with van der Waals surface area (Å²) >= 11 is 0. The first-order chi connectivity index (χ1) is 16.7. The van der Waals surface area contributed by atoms with Gasteiger partial charge in [0, 0.05) is 24.4 Å². The van der Waals surface area contributed by atoms with Crippen LogP contribution in [0.5, 0.6) is 0 Å². The molecule has 1 aromatic carbocycles. The highest BCUT2D eigenvalue weighted by Crippen LogP contribution is 2.44.